The molecule has 0 aliphatic carbocycles. The van der Waals surface area contributed by atoms with Gasteiger partial charge in [0.15, 0.2) is 0 Å². The summed E-state index contributed by atoms with van der Waals surface area (Å²) in [7, 11) is 0. The SMILES string of the molecule is CCC1(COCC2CC3C=CC2O3)COC1. The van der Waals surface area contributed by atoms with Gasteiger partial charge in [0.05, 0.1) is 38.6 Å². The molecule has 3 heteroatoms. The van der Waals surface area contributed by atoms with E-state index in [2.05, 4.69) is 19.1 Å². The highest BCUT2D eigenvalue weighted by Gasteiger charge is 2.39. The highest BCUT2D eigenvalue weighted by molar-refractivity contribution is 5.10. The standard InChI is InChI=1S/C13H20O3/c1-2-13(8-15-9-13)7-14-6-10-5-11-3-4-12(10)16-11/h3-4,10-12H,2,5-9H2,1H3. The molecule has 3 rings (SSSR count). The third kappa shape index (κ3) is 1.81. The van der Waals surface area contributed by atoms with Crippen LogP contribution in [0.3, 0.4) is 0 Å². The second-order valence-corrected chi connectivity index (χ2v) is 5.38. The molecule has 3 aliphatic rings. The molecule has 2 bridgehead atoms. The average molecular weight is 224 g/mol. The summed E-state index contributed by atoms with van der Waals surface area (Å²) >= 11 is 0. The van der Waals surface area contributed by atoms with Crippen LogP contribution >= 0.6 is 0 Å². The normalized spacial score (nSPS) is 38.9. The van der Waals surface area contributed by atoms with Crippen LogP contribution in [0.2, 0.25) is 0 Å². The monoisotopic (exact) mass is 224 g/mol. The summed E-state index contributed by atoms with van der Waals surface area (Å²) in [4.78, 5) is 0. The summed E-state index contributed by atoms with van der Waals surface area (Å²) in [6.07, 6.45) is 7.33. The van der Waals surface area contributed by atoms with Gasteiger partial charge in [0.2, 0.25) is 0 Å². The molecule has 3 unspecified atom stereocenters. The van der Waals surface area contributed by atoms with Crippen molar-refractivity contribution in [2.45, 2.75) is 32.0 Å². The third-order valence-corrected chi connectivity index (χ3v) is 4.15. The maximum atomic E-state index is 5.87. The molecule has 0 aromatic rings. The second-order valence-electron chi connectivity index (χ2n) is 5.38. The van der Waals surface area contributed by atoms with Gasteiger partial charge in [-0.1, -0.05) is 19.1 Å². The van der Waals surface area contributed by atoms with Gasteiger partial charge in [0.25, 0.3) is 0 Å². The van der Waals surface area contributed by atoms with Crippen LogP contribution in [0.15, 0.2) is 12.2 Å². The van der Waals surface area contributed by atoms with Crippen LogP contribution in [0.4, 0.5) is 0 Å². The van der Waals surface area contributed by atoms with Gasteiger partial charge < -0.3 is 14.2 Å². The summed E-state index contributed by atoms with van der Waals surface area (Å²) in [6.45, 7) is 5.65. The summed E-state index contributed by atoms with van der Waals surface area (Å²) in [5, 5.41) is 0. The molecule has 0 amide bonds. The first-order valence-electron chi connectivity index (χ1n) is 6.31. The van der Waals surface area contributed by atoms with Crippen molar-refractivity contribution < 1.29 is 14.2 Å². The van der Waals surface area contributed by atoms with E-state index in [4.69, 9.17) is 14.2 Å². The number of ether oxygens (including phenoxy) is 3. The van der Waals surface area contributed by atoms with Gasteiger partial charge in [-0.05, 0) is 12.8 Å². The molecule has 3 nitrogen and oxygen atoms in total. The van der Waals surface area contributed by atoms with Crippen molar-refractivity contribution in [1.82, 2.24) is 0 Å². The lowest BCUT2D eigenvalue weighted by molar-refractivity contribution is -0.153. The van der Waals surface area contributed by atoms with Crippen LogP contribution in [0.1, 0.15) is 19.8 Å². The zero-order valence-electron chi connectivity index (χ0n) is 9.85. The first-order valence-corrected chi connectivity index (χ1v) is 6.31. The van der Waals surface area contributed by atoms with Gasteiger partial charge in [-0.15, -0.1) is 0 Å². The summed E-state index contributed by atoms with van der Waals surface area (Å²) in [5.41, 5.74) is 0.314. The Kier molecular flexibility index (Phi) is 2.78. The molecule has 0 radical (unpaired) electrons. The van der Waals surface area contributed by atoms with Gasteiger partial charge in [0.1, 0.15) is 0 Å². The first kappa shape index (κ1) is 10.8. The van der Waals surface area contributed by atoms with Crippen LogP contribution in [-0.4, -0.2) is 38.6 Å². The lowest BCUT2D eigenvalue weighted by Crippen LogP contribution is -2.46. The lowest BCUT2D eigenvalue weighted by Gasteiger charge is -2.40. The van der Waals surface area contributed by atoms with Crippen molar-refractivity contribution in [3.05, 3.63) is 12.2 Å². The van der Waals surface area contributed by atoms with E-state index in [1.165, 1.54) is 0 Å². The van der Waals surface area contributed by atoms with Gasteiger partial charge in [-0.2, -0.15) is 0 Å². The number of fused-ring (bicyclic) bond motifs is 2. The average Bonchev–Trinajstić information content (AvgIpc) is 2.83. The Balaban J connectivity index is 1.42. The van der Waals surface area contributed by atoms with E-state index >= 15 is 0 Å². The fourth-order valence-corrected chi connectivity index (χ4v) is 2.73. The van der Waals surface area contributed by atoms with Crippen molar-refractivity contribution in [3.63, 3.8) is 0 Å². The molecular weight excluding hydrogens is 204 g/mol. The molecule has 0 aromatic carbocycles. The van der Waals surface area contributed by atoms with E-state index < -0.39 is 0 Å². The summed E-state index contributed by atoms with van der Waals surface area (Å²) in [6, 6.07) is 0. The Morgan fingerprint density at radius 2 is 2.25 bits per heavy atom. The molecule has 2 saturated heterocycles. The van der Waals surface area contributed by atoms with Crippen molar-refractivity contribution in [2.24, 2.45) is 11.3 Å². The molecule has 0 spiro atoms. The van der Waals surface area contributed by atoms with Crippen LogP contribution < -0.4 is 0 Å². The van der Waals surface area contributed by atoms with Crippen LogP contribution in [0.25, 0.3) is 0 Å². The van der Waals surface area contributed by atoms with Crippen LogP contribution in [0, 0.1) is 11.3 Å². The van der Waals surface area contributed by atoms with Gasteiger partial charge >= 0.3 is 0 Å². The first-order chi connectivity index (χ1) is 7.81. The molecule has 3 heterocycles. The smallest absolute Gasteiger partial charge is 0.0816 e. The molecule has 3 aliphatic heterocycles. The zero-order chi connectivity index (χ0) is 11.0. The Hall–Kier alpha value is -0.380. The van der Waals surface area contributed by atoms with E-state index in [0.717, 1.165) is 39.3 Å². The van der Waals surface area contributed by atoms with Crippen molar-refractivity contribution in [2.75, 3.05) is 26.4 Å². The fraction of sp³-hybridized carbons (Fsp3) is 0.846. The Morgan fingerprint density at radius 1 is 1.38 bits per heavy atom. The lowest BCUT2D eigenvalue weighted by atomic mass is 9.84. The van der Waals surface area contributed by atoms with Gasteiger partial charge in [-0.3, -0.25) is 0 Å². The van der Waals surface area contributed by atoms with Crippen LogP contribution in [0.5, 0.6) is 0 Å². The summed E-state index contributed by atoms with van der Waals surface area (Å²) < 4.78 is 16.9. The van der Waals surface area contributed by atoms with Crippen molar-refractivity contribution in [3.8, 4) is 0 Å². The van der Waals surface area contributed by atoms with Crippen molar-refractivity contribution in [1.29, 1.82) is 0 Å². The molecule has 2 fully saturated rings. The predicted octanol–water partition coefficient (Wildman–Crippen LogP) is 1.77. The van der Waals surface area contributed by atoms with E-state index in [9.17, 15) is 0 Å². The maximum absolute atomic E-state index is 5.87. The van der Waals surface area contributed by atoms with Crippen LogP contribution in [-0.2, 0) is 14.2 Å². The van der Waals surface area contributed by atoms with E-state index in [1.54, 1.807) is 0 Å². The predicted molar refractivity (Wildman–Crippen MR) is 60.3 cm³/mol. The van der Waals surface area contributed by atoms with Gasteiger partial charge in [-0.25, -0.2) is 0 Å². The van der Waals surface area contributed by atoms with E-state index in [1.807, 2.05) is 0 Å². The zero-order valence-corrected chi connectivity index (χ0v) is 9.85. The topological polar surface area (TPSA) is 27.7 Å². The molecule has 0 aromatic heterocycles. The summed E-state index contributed by atoms with van der Waals surface area (Å²) in [5.74, 6) is 0.574. The fourth-order valence-electron chi connectivity index (χ4n) is 2.73. The quantitative estimate of drug-likeness (QED) is 0.666. The second kappa shape index (κ2) is 4.13. The molecule has 0 N–H and O–H groups in total. The Bertz CT molecular complexity index is 277. The number of rotatable bonds is 5. The highest BCUT2D eigenvalue weighted by Crippen LogP contribution is 2.35. The maximum Gasteiger partial charge on any atom is 0.0816 e. The number of hydrogen-bond donors (Lipinski definition) is 0. The molecule has 16 heavy (non-hydrogen) atoms. The molecular formula is C13H20O3. The minimum atomic E-state index is 0.314. The Labute approximate surface area is 96.8 Å². The number of hydrogen-bond acceptors (Lipinski definition) is 3. The molecule has 90 valence electrons. The largest absolute Gasteiger partial charge is 0.380 e. The molecule has 0 saturated carbocycles. The van der Waals surface area contributed by atoms with E-state index in [0.29, 0.717) is 23.5 Å². The molecule has 3 atom stereocenters. The minimum absolute atomic E-state index is 0.314. The van der Waals surface area contributed by atoms with Gasteiger partial charge in [0, 0.05) is 11.3 Å². The van der Waals surface area contributed by atoms with Crippen molar-refractivity contribution >= 4 is 0 Å². The Morgan fingerprint density at radius 3 is 2.75 bits per heavy atom. The highest BCUT2D eigenvalue weighted by atomic mass is 16.5. The third-order valence-electron chi connectivity index (χ3n) is 4.15. The minimum Gasteiger partial charge on any atom is -0.380 e. The van der Waals surface area contributed by atoms with E-state index in [-0.39, 0.29) is 0 Å².